The van der Waals surface area contributed by atoms with Crippen molar-refractivity contribution < 1.29 is 14.3 Å². The lowest BCUT2D eigenvalue weighted by Crippen LogP contribution is -2.52. The lowest BCUT2D eigenvalue weighted by atomic mass is 9.64. The number of nitrogens with one attached hydrogen (secondary N) is 2. The molecule has 0 saturated heterocycles. The van der Waals surface area contributed by atoms with Gasteiger partial charge in [0.05, 0.1) is 11.7 Å². The van der Waals surface area contributed by atoms with Gasteiger partial charge in [0.25, 0.3) is 5.91 Å². The van der Waals surface area contributed by atoms with Gasteiger partial charge in [-0.15, -0.1) is 0 Å². The van der Waals surface area contributed by atoms with E-state index in [0.717, 1.165) is 44.9 Å². The first-order valence-electron chi connectivity index (χ1n) is 10.5. The first-order valence-corrected chi connectivity index (χ1v) is 10.5. The molecule has 2 atom stereocenters. The summed E-state index contributed by atoms with van der Waals surface area (Å²) < 4.78 is 14.4. The first-order chi connectivity index (χ1) is 13.4. The van der Waals surface area contributed by atoms with E-state index in [9.17, 15) is 14.3 Å². The number of halogens is 1. The fraction of sp³-hybridized carbons (Fsp3) is 0.750. The Morgan fingerprint density at radius 3 is 2.54 bits per heavy atom. The Balaban J connectivity index is 1.53. The minimum atomic E-state index is -0.993. The van der Waals surface area contributed by atoms with Gasteiger partial charge in [0.2, 0.25) is 5.95 Å². The molecule has 2 bridgehead atoms. The van der Waals surface area contributed by atoms with Crippen LogP contribution in [0.5, 0.6) is 0 Å². The second-order valence-corrected chi connectivity index (χ2v) is 8.89. The van der Waals surface area contributed by atoms with E-state index in [1.54, 1.807) is 0 Å². The molecule has 1 amide bonds. The van der Waals surface area contributed by atoms with Crippen molar-refractivity contribution in [3.05, 3.63) is 11.8 Å². The van der Waals surface area contributed by atoms with Crippen LogP contribution in [0, 0.1) is 0 Å². The molecule has 0 unspecified atom stereocenters. The Morgan fingerprint density at radius 2 is 1.86 bits per heavy atom. The lowest BCUT2D eigenvalue weighted by Gasteiger charge is -2.49. The highest BCUT2D eigenvalue weighted by Gasteiger charge is 2.49. The molecule has 154 valence electrons. The molecule has 4 fully saturated rings. The topological polar surface area (TPSA) is 113 Å². The zero-order valence-electron chi connectivity index (χ0n) is 16.2. The third-order valence-electron chi connectivity index (χ3n) is 6.82. The maximum Gasteiger partial charge on any atom is 0.254 e. The van der Waals surface area contributed by atoms with Crippen LogP contribution < -0.4 is 16.4 Å². The largest absolute Gasteiger partial charge is 0.393 e. The smallest absolute Gasteiger partial charge is 0.254 e. The molecule has 7 nitrogen and oxygen atoms in total. The van der Waals surface area contributed by atoms with Gasteiger partial charge in [0, 0.05) is 17.8 Å². The van der Waals surface area contributed by atoms with Crippen LogP contribution in [0.15, 0.2) is 6.20 Å². The summed E-state index contributed by atoms with van der Waals surface area (Å²) in [7, 11) is 0. The van der Waals surface area contributed by atoms with Gasteiger partial charge in [0.15, 0.2) is 0 Å². The van der Waals surface area contributed by atoms with Gasteiger partial charge < -0.3 is 21.5 Å². The Hall–Kier alpha value is -1.96. The highest BCUT2D eigenvalue weighted by atomic mass is 19.1. The van der Waals surface area contributed by atoms with Crippen molar-refractivity contribution in [1.82, 2.24) is 9.97 Å². The average molecular weight is 391 g/mol. The number of carbonyl (C=O) groups excluding carboxylic acids is 1. The van der Waals surface area contributed by atoms with Crippen molar-refractivity contribution in [2.75, 3.05) is 10.6 Å². The molecule has 0 radical (unpaired) electrons. The van der Waals surface area contributed by atoms with Crippen LogP contribution in [0.25, 0.3) is 0 Å². The first kappa shape index (κ1) is 19.4. The number of nitrogens with zero attached hydrogens (tertiary/aromatic N) is 2. The van der Waals surface area contributed by atoms with Crippen LogP contribution in [0.2, 0.25) is 0 Å². The summed E-state index contributed by atoms with van der Waals surface area (Å²) in [6.07, 6.45) is 9.47. The summed E-state index contributed by atoms with van der Waals surface area (Å²) in [5.41, 5.74) is 4.60. The number of aliphatic hydroxyl groups excluding tert-OH is 1. The standard InChI is InChI=1S/C20H30FN5O2/c21-19-5-8-20(9-6-19,10-7-19)26-18-23-12-15(16(22)28)17(25-18)24-13-3-1-2-4-14(27)11-13/h12-14,27H,1-11H2,(H2,22,28)(H2,23,24,25,26)/t13-,14+,19?,20?/m1/s1. The third kappa shape index (κ3) is 4.06. The van der Waals surface area contributed by atoms with Gasteiger partial charge in [-0.3, -0.25) is 4.79 Å². The maximum atomic E-state index is 14.4. The number of fused-ring (bicyclic) bond motifs is 3. The number of hydrogen-bond acceptors (Lipinski definition) is 6. The van der Waals surface area contributed by atoms with Gasteiger partial charge >= 0.3 is 0 Å². The molecule has 4 aliphatic carbocycles. The molecule has 0 aromatic carbocycles. The number of primary amides is 1. The second-order valence-electron chi connectivity index (χ2n) is 8.89. The molecule has 4 saturated carbocycles. The van der Waals surface area contributed by atoms with Crippen LogP contribution in [-0.2, 0) is 0 Å². The lowest BCUT2D eigenvalue weighted by molar-refractivity contribution is 0.0150. The molecule has 4 aliphatic rings. The fourth-order valence-corrected chi connectivity index (χ4v) is 4.96. The molecule has 1 aromatic rings. The number of aromatic nitrogens is 2. The molecule has 0 spiro atoms. The summed E-state index contributed by atoms with van der Waals surface area (Å²) in [6.45, 7) is 0. The number of rotatable bonds is 5. The van der Waals surface area contributed by atoms with Crippen LogP contribution >= 0.6 is 0 Å². The second kappa shape index (κ2) is 7.46. The van der Waals surface area contributed by atoms with E-state index in [-0.39, 0.29) is 23.2 Å². The van der Waals surface area contributed by atoms with Crippen molar-refractivity contribution in [3.8, 4) is 0 Å². The van der Waals surface area contributed by atoms with Crippen molar-refractivity contribution in [2.45, 2.75) is 94.0 Å². The predicted molar refractivity (Wildman–Crippen MR) is 105 cm³/mol. The zero-order chi connectivity index (χ0) is 19.8. The van der Waals surface area contributed by atoms with Crippen LogP contribution in [0.4, 0.5) is 16.2 Å². The quantitative estimate of drug-likeness (QED) is 0.574. The highest BCUT2D eigenvalue weighted by Crippen LogP contribution is 2.50. The predicted octanol–water partition coefficient (Wildman–Crippen LogP) is 2.91. The van der Waals surface area contributed by atoms with Crippen molar-refractivity contribution >= 4 is 17.7 Å². The Kier molecular flexibility index (Phi) is 5.16. The molecule has 1 heterocycles. The summed E-state index contributed by atoms with van der Waals surface area (Å²) in [5.74, 6) is 0.265. The van der Waals surface area contributed by atoms with Gasteiger partial charge in [-0.25, -0.2) is 9.37 Å². The summed E-state index contributed by atoms with van der Waals surface area (Å²) in [4.78, 5) is 20.7. The number of alkyl halides is 1. The molecular formula is C20H30FN5O2. The normalized spacial score (nSPS) is 35.2. The van der Waals surface area contributed by atoms with E-state index in [4.69, 9.17) is 5.73 Å². The van der Waals surface area contributed by atoms with Crippen molar-refractivity contribution in [1.29, 1.82) is 0 Å². The van der Waals surface area contributed by atoms with Gasteiger partial charge in [0.1, 0.15) is 11.5 Å². The minimum Gasteiger partial charge on any atom is -0.393 e. The Morgan fingerprint density at radius 1 is 1.18 bits per heavy atom. The number of hydrogen-bond donors (Lipinski definition) is 4. The van der Waals surface area contributed by atoms with Crippen LogP contribution in [0.3, 0.4) is 0 Å². The van der Waals surface area contributed by atoms with E-state index in [0.29, 0.717) is 37.4 Å². The van der Waals surface area contributed by atoms with E-state index in [2.05, 4.69) is 20.6 Å². The van der Waals surface area contributed by atoms with Gasteiger partial charge in [-0.1, -0.05) is 12.8 Å². The van der Waals surface area contributed by atoms with Crippen LogP contribution in [-0.4, -0.2) is 44.3 Å². The Labute approximate surface area is 164 Å². The number of carbonyl (C=O) groups is 1. The zero-order valence-corrected chi connectivity index (χ0v) is 16.2. The maximum absolute atomic E-state index is 14.4. The summed E-state index contributed by atoms with van der Waals surface area (Å²) >= 11 is 0. The van der Waals surface area contributed by atoms with E-state index in [1.165, 1.54) is 6.20 Å². The number of amides is 1. The molecule has 28 heavy (non-hydrogen) atoms. The Bertz CT molecular complexity index is 719. The van der Waals surface area contributed by atoms with E-state index < -0.39 is 11.6 Å². The number of aliphatic hydroxyl groups is 1. The molecule has 0 aliphatic heterocycles. The van der Waals surface area contributed by atoms with E-state index >= 15 is 0 Å². The molecular weight excluding hydrogens is 361 g/mol. The minimum absolute atomic E-state index is 0.0352. The summed E-state index contributed by atoms with van der Waals surface area (Å²) in [6, 6.07) is 0.0352. The highest BCUT2D eigenvalue weighted by molar-refractivity contribution is 5.97. The van der Waals surface area contributed by atoms with Gasteiger partial charge in [-0.2, -0.15) is 4.98 Å². The van der Waals surface area contributed by atoms with Crippen molar-refractivity contribution in [3.63, 3.8) is 0 Å². The molecule has 8 heteroatoms. The molecule has 5 N–H and O–H groups in total. The monoisotopic (exact) mass is 391 g/mol. The van der Waals surface area contributed by atoms with E-state index in [1.807, 2.05) is 0 Å². The average Bonchev–Trinajstić information content (AvgIpc) is 2.87. The van der Waals surface area contributed by atoms with Gasteiger partial charge in [-0.05, 0) is 57.8 Å². The third-order valence-corrected chi connectivity index (χ3v) is 6.82. The molecule has 1 aromatic heterocycles. The summed E-state index contributed by atoms with van der Waals surface area (Å²) in [5, 5.41) is 16.8. The fourth-order valence-electron chi connectivity index (χ4n) is 4.96. The SMILES string of the molecule is NC(=O)c1cnc(NC23CCC(F)(CC2)CC3)nc1N[C@@H]1CCCC[C@H](O)C1. The number of nitrogens with two attached hydrogens (primary N) is 1. The number of anilines is 2. The molecule has 5 rings (SSSR count). The van der Waals surface area contributed by atoms with Crippen molar-refractivity contribution in [2.24, 2.45) is 5.73 Å². The van der Waals surface area contributed by atoms with Crippen LogP contribution in [0.1, 0.15) is 81.0 Å².